The molecule has 20 heavy (non-hydrogen) atoms. The molecular formula is C12H19N5O3. The Kier molecular flexibility index (Phi) is 4.03. The second kappa shape index (κ2) is 5.58. The summed E-state index contributed by atoms with van der Waals surface area (Å²) in [5.41, 5.74) is 4.46. The van der Waals surface area contributed by atoms with Gasteiger partial charge in [0, 0.05) is 13.1 Å². The van der Waals surface area contributed by atoms with Crippen LogP contribution in [0.25, 0.3) is 0 Å². The summed E-state index contributed by atoms with van der Waals surface area (Å²) in [6.45, 7) is 3.08. The number of nitrogens with two attached hydrogens (primary N) is 1. The van der Waals surface area contributed by atoms with E-state index in [0.717, 1.165) is 0 Å². The monoisotopic (exact) mass is 281 g/mol. The minimum Gasteiger partial charge on any atom is -0.479 e. The summed E-state index contributed by atoms with van der Waals surface area (Å²) >= 11 is 0. The number of likely N-dealkylation sites (tertiary alicyclic amines) is 1. The van der Waals surface area contributed by atoms with Crippen LogP contribution in [-0.4, -0.2) is 55.5 Å². The summed E-state index contributed by atoms with van der Waals surface area (Å²) in [6.07, 6.45) is 3.05. The Labute approximate surface area is 116 Å². The quantitative estimate of drug-likeness (QED) is 0.766. The highest BCUT2D eigenvalue weighted by Gasteiger charge is 2.49. The molecule has 0 saturated carbocycles. The molecule has 8 nitrogen and oxygen atoms in total. The Morgan fingerprint density at radius 3 is 2.90 bits per heavy atom. The van der Waals surface area contributed by atoms with Crippen LogP contribution in [0.5, 0.6) is 0 Å². The molecule has 0 aromatic carbocycles. The van der Waals surface area contributed by atoms with Crippen molar-refractivity contribution in [2.45, 2.75) is 38.3 Å². The fourth-order valence-corrected chi connectivity index (χ4v) is 2.69. The van der Waals surface area contributed by atoms with E-state index in [4.69, 9.17) is 5.73 Å². The molecule has 0 spiro atoms. The molecule has 2 heterocycles. The average molecular weight is 281 g/mol. The Morgan fingerprint density at radius 1 is 1.55 bits per heavy atom. The normalized spacial score (nSPS) is 22.2. The maximum Gasteiger partial charge on any atom is 0.329 e. The zero-order valence-electron chi connectivity index (χ0n) is 11.4. The van der Waals surface area contributed by atoms with Crippen molar-refractivity contribution in [3.63, 3.8) is 0 Å². The number of carbonyl (C=O) groups excluding carboxylic acids is 1. The number of aliphatic carboxylic acids is 1. The van der Waals surface area contributed by atoms with E-state index < -0.39 is 11.5 Å². The molecule has 0 radical (unpaired) electrons. The van der Waals surface area contributed by atoms with Crippen LogP contribution in [0.1, 0.15) is 36.7 Å². The van der Waals surface area contributed by atoms with Crippen LogP contribution in [0.3, 0.4) is 0 Å². The molecule has 2 rings (SSSR count). The predicted octanol–water partition coefficient (Wildman–Crippen LogP) is -0.294. The summed E-state index contributed by atoms with van der Waals surface area (Å²) in [4.78, 5) is 25.4. The van der Waals surface area contributed by atoms with Gasteiger partial charge in [-0.05, 0) is 19.3 Å². The first-order valence-electron chi connectivity index (χ1n) is 6.70. The first-order valence-corrected chi connectivity index (χ1v) is 6.70. The molecule has 1 unspecified atom stereocenters. The topological polar surface area (TPSA) is 114 Å². The van der Waals surface area contributed by atoms with E-state index in [1.807, 2.05) is 0 Å². The molecular weight excluding hydrogens is 262 g/mol. The van der Waals surface area contributed by atoms with Gasteiger partial charge in [-0.1, -0.05) is 12.1 Å². The highest BCUT2D eigenvalue weighted by Crippen LogP contribution is 2.33. The van der Waals surface area contributed by atoms with Crippen molar-refractivity contribution < 1.29 is 14.7 Å². The number of carbonyl (C=O) groups is 2. The van der Waals surface area contributed by atoms with E-state index in [0.29, 0.717) is 38.9 Å². The molecule has 1 aliphatic heterocycles. The smallest absolute Gasteiger partial charge is 0.329 e. The number of rotatable bonds is 5. The van der Waals surface area contributed by atoms with Crippen molar-refractivity contribution in [3.8, 4) is 0 Å². The fraction of sp³-hybridized carbons (Fsp3) is 0.667. The predicted molar refractivity (Wildman–Crippen MR) is 70.0 cm³/mol. The summed E-state index contributed by atoms with van der Waals surface area (Å²) < 4.78 is 1.48. The fourth-order valence-electron chi connectivity index (χ4n) is 2.69. The first kappa shape index (κ1) is 14.4. The van der Waals surface area contributed by atoms with Gasteiger partial charge in [-0.15, -0.1) is 5.10 Å². The number of amides is 1. The van der Waals surface area contributed by atoms with Gasteiger partial charge in [0.15, 0.2) is 5.69 Å². The van der Waals surface area contributed by atoms with Gasteiger partial charge < -0.3 is 15.7 Å². The van der Waals surface area contributed by atoms with Crippen molar-refractivity contribution >= 4 is 11.9 Å². The third kappa shape index (κ3) is 2.26. The third-order valence-electron chi connectivity index (χ3n) is 3.83. The lowest BCUT2D eigenvalue weighted by atomic mass is 9.93. The van der Waals surface area contributed by atoms with E-state index in [1.165, 1.54) is 15.8 Å². The van der Waals surface area contributed by atoms with Crippen LogP contribution in [0.4, 0.5) is 0 Å². The molecule has 1 aliphatic rings. The molecule has 3 N–H and O–H groups in total. The summed E-state index contributed by atoms with van der Waals surface area (Å²) in [5, 5.41) is 17.1. The van der Waals surface area contributed by atoms with Crippen LogP contribution in [-0.2, 0) is 11.3 Å². The van der Waals surface area contributed by atoms with E-state index in [-0.39, 0.29) is 11.6 Å². The lowest BCUT2D eigenvalue weighted by Crippen LogP contribution is -2.52. The van der Waals surface area contributed by atoms with Crippen LogP contribution in [0.2, 0.25) is 0 Å². The number of carboxylic acid groups (broad SMARTS) is 1. The second-order valence-electron chi connectivity index (χ2n) is 4.91. The van der Waals surface area contributed by atoms with Gasteiger partial charge in [-0.25, -0.2) is 4.79 Å². The van der Waals surface area contributed by atoms with Crippen molar-refractivity contribution in [2.24, 2.45) is 5.73 Å². The Bertz CT molecular complexity index is 515. The molecule has 1 amide bonds. The van der Waals surface area contributed by atoms with Gasteiger partial charge in [0.1, 0.15) is 5.54 Å². The van der Waals surface area contributed by atoms with Crippen molar-refractivity contribution in [1.29, 1.82) is 0 Å². The van der Waals surface area contributed by atoms with Crippen LogP contribution in [0.15, 0.2) is 6.20 Å². The summed E-state index contributed by atoms with van der Waals surface area (Å²) in [6, 6.07) is 0. The van der Waals surface area contributed by atoms with E-state index in [2.05, 4.69) is 10.3 Å². The van der Waals surface area contributed by atoms with Gasteiger partial charge in [-0.3, -0.25) is 9.48 Å². The zero-order chi connectivity index (χ0) is 14.8. The Hall–Kier alpha value is -1.96. The second-order valence-corrected chi connectivity index (χ2v) is 4.91. The van der Waals surface area contributed by atoms with Gasteiger partial charge in [0.05, 0.1) is 12.7 Å². The minimum absolute atomic E-state index is 0.166. The lowest BCUT2D eigenvalue weighted by Gasteiger charge is -2.33. The zero-order valence-corrected chi connectivity index (χ0v) is 11.4. The van der Waals surface area contributed by atoms with Crippen LogP contribution < -0.4 is 5.73 Å². The largest absolute Gasteiger partial charge is 0.479 e. The van der Waals surface area contributed by atoms with Gasteiger partial charge in [0.2, 0.25) is 0 Å². The molecule has 0 bridgehead atoms. The van der Waals surface area contributed by atoms with Crippen LogP contribution >= 0.6 is 0 Å². The highest BCUT2D eigenvalue weighted by atomic mass is 16.4. The van der Waals surface area contributed by atoms with Gasteiger partial charge in [-0.2, -0.15) is 0 Å². The molecule has 1 fully saturated rings. The van der Waals surface area contributed by atoms with Crippen molar-refractivity contribution in [2.75, 3.05) is 13.1 Å². The molecule has 8 heteroatoms. The molecule has 1 saturated heterocycles. The maximum absolute atomic E-state index is 12.5. The van der Waals surface area contributed by atoms with Gasteiger partial charge >= 0.3 is 5.97 Å². The van der Waals surface area contributed by atoms with Gasteiger partial charge in [0.25, 0.3) is 5.91 Å². The number of carboxylic acids is 1. The summed E-state index contributed by atoms with van der Waals surface area (Å²) in [7, 11) is 0. The Morgan fingerprint density at radius 2 is 2.30 bits per heavy atom. The highest BCUT2D eigenvalue weighted by molar-refractivity contribution is 5.96. The number of hydrogen-bond donors (Lipinski definition) is 2. The SMILES string of the molecule is CCC1(C(=O)O)CCCN1C(=O)c1cn(CCN)nn1. The van der Waals surface area contributed by atoms with Crippen molar-refractivity contribution in [1.82, 2.24) is 19.9 Å². The van der Waals surface area contributed by atoms with E-state index >= 15 is 0 Å². The molecule has 1 aromatic rings. The molecule has 0 aliphatic carbocycles. The van der Waals surface area contributed by atoms with E-state index in [9.17, 15) is 14.7 Å². The first-order chi connectivity index (χ1) is 9.55. The maximum atomic E-state index is 12.5. The molecule has 1 aromatic heterocycles. The van der Waals surface area contributed by atoms with Crippen molar-refractivity contribution in [3.05, 3.63) is 11.9 Å². The lowest BCUT2D eigenvalue weighted by molar-refractivity contribution is -0.148. The molecule has 110 valence electrons. The number of nitrogens with zero attached hydrogens (tertiary/aromatic N) is 4. The average Bonchev–Trinajstić information content (AvgIpc) is 3.05. The molecule has 1 atom stereocenters. The summed E-state index contributed by atoms with van der Waals surface area (Å²) in [5.74, 6) is -1.34. The standard InChI is InChI=1S/C12H19N5O3/c1-2-12(11(19)20)4-3-6-17(12)10(18)9-8-16(7-5-13)15-14-9/h8H,2-7,13H2,1H3,(H,19,20). The number of aromatic nitrogens is 3. The Balaban J connectivity index is 2.24. The minimum atomic E-state index is -1.12. The third-order valence-corrected chi connectivity index (χ3v) is 3.83. The van der Waals surface area contributed by atoms with E-state index in [1.54, 1.807) is 6.92 Å². The number of hydrogen-bond acceptors (Lipinski definition) is 5. The van der Waals surface area contributed by atoms with Crippen LogP contribution in [0, 0.1) is 0 Å².